The quantitative estimate of drug-likeness (QED) is 0.452. The lowest BCUT2D eigenvalue weighted by Gasteiger charge is -2.10. The topological polar surface area (TPSA) is 69.4 Å². The lowest BCUT2D eigenvalue weighted by Crippen LogP contribution is -2.06. The van der Waals surface area contributed by atoms with Crippen LogP contribution in [0.3, 0.4) is 0 Å². The van der Waals surface area contributed by atoms with Crippen LogP contribution in [-0.4, -0.2) is 18.0 Å². The molecule has 0 bridgehead atoms. The lowest BCUT2D eigenvalue weighted by atomic mass is 9.97. The number of hydrogen-bond acceptors (Lipinski definition) is 4. The molecule has 0 atom stereocenters. The number of nitro benzene ring substituents is 1. The van der Waals surface area contributed by atoms with E-state index in [9.17, 15) is 14.9 Å². The van der Waals surface area contributed by atoms with Gasteiger partial charge < -0.3 is 4.74 Å². The third-order valence-corrected chi connectivity index (χ3v) is 3.75. The maximum atomic E-state index is 11.8. The molecule has 23 heavy (non-hydrogen) atoms. The summed E-state index contributed by atoms with van der Waals surface area (Å²) in [5, 5.41) is 11.9. The Balaban J connectivity index is 2.53. The summed E-state index contributed by atoms with van der Waals surface area (Å²) in [6.07, 6.45) is 0. The number of benzene rings is 2. The minimum absolute atomic E-state index is 0.152. The first kappa shape index (κ1) is 17.0. The van der Waals surface area contributed by atoms with Crippen LogP contribution in [0.5, 0.6) is 0 Å². The first-order chi connectivity index (χ1) is 10.8. The van der Waals surface area contributed by atoms with E-state index in [4.69, 9.17) is 23.2 Å². The maximum absolute atomic E-state index is 11.8. The van der Waals surface area contributed by atoms with Crippen LogP contribution in [0.2, 0.25) is 10.0 Å². The highest BCUT2D eigenvalue weighted by molar-refractivity contribution is 6.35. The number of nitrogens with zero attached hydrogens (tertiary/aromatic N) is 1. The summed E-state index contributed by atoms with van der Waals surface area (Å²) in [6.45, 7) is 3.94. The number of ether oxygens (including phenoxy) is 1. The molecule has 0 unspecified atom stereocenters. The SMILES string of the molecule is C=C(c1ccc([N+](=O)[O-])c(C(=O)OC)c1)c1ccc(Cl)cc1Cl. The van der Waals surface area contributed by atoms with Crippen molar-refractivity contribution in [2.24, 2.45) is 0 Å². The summed E-state index contributed by atoms with van der Waals surface area (Å²) in [6, 6.07) is 8.99. The van der Waals surface area contributed by atoms with Gasteiger partial charge in [-0.15, -0.1) is 0 Å². The van der Waals surface area contributed by atoms with Gasteiger partial charge in [0.05, 0.1) is 12.0 Å². The Bertz CT molecular complexity index is 818. The smallest absolute Gasteiger partial charge is 0.344 e. The zero-order valence-electron chi connectivity index (χ0n) is 12.0. The number of carbonyl (C=O) groups excluding carboxylic acids is 1. The summed E-state index contributed by atoms with van der Waals surface area (Å²) >= 11 is 12.0. The average molecular weight is 352 g/mol. The number of halogens is 2. The van der Waals surface area contributed by atoms with E-state index in [-0.39, 0.29) is 11.3 Å². The van der Waals surface area contributed by atoms with Crippen molar-refractivity contribution in [2.75, 3.05) is 7.11 Å². The molecule has 0 spiro atoms. The molecule has 0 saturated heterocycles. The van der Waals surface area contributed by atoms with Gasteiger partial charge in [0.25, 0.3) is 5.69 Å². The Morgan fingerprint density at radius 2 is 1.87 bits per heavy atom. The maximum Gasteiger partial charge on any atom is 0.344 e. The van der Waals surface area contributed by atoms with Crippen LogP contribution >= 0.6 is 23.2 Å². The molecular formula is C16H11Cl2NO4. The molecule has 0 amide bonds. The third kappa shape index (κ3) is 3.52. The molecule has 2 rings (SSSR count). The Kier molecular flexibility index (Phi) is 5.03. The molecule has 0 fully saturated rings. The van der Waals surface area contributed by atoms with Gasteiger partial charge >= 0.3 is 5.97 Å². The largest absolute Gasteiger partial charge is 0.465 e. The number of hydrogen-bond donors (Lipinski definition) is 0. The Labute approximate surface area is 142 Å². The van der Waals surface area contributed by atoms with Gasteiger partial charge in [-0.3, -0.25) is 10.1 Å². The zero-order valence-corrected chi connectivity index (χ0v) is 13.5. The molecule has 0 aliphatic carbocycles. The van der Waals surface area contributed by atoms with Crippen molar-refractivity contribution in [3.63, 3.8) is 0 Å². The summed E-state index contributed by atoms with van der Waals surface area (Å²) in [7, 11) is 1.16. The molecule has 0 heterocycles. The van der Waals surface area contributed by atoms with Gasteiger partial charge in [0, 0.05) is 21.7 Å². The van der Waals surface area contributed by atoms with Gasteiger partial charge in [-0.25, -0.2) is 4.79 Å². The molecule has 118 valence electrons. The summed E-state index contributed by atoms with van der Waals surface area (Å²) in [5.41, 5.74) is 1.14. The van der Waals surface area contributed by atoms with Crippen molar-refractivity contribution in [3.8, 4) is 0 Å². The Hall–Kier alpha value is -2.37. The highest BCUT2D eigenvalue weighted by Crippen LogP contribution is 2.32. The van der Waals surface area contributed by atoms with E-state index in [0.717, 1.165) is 7.11 Å². The van der Waals surface area contributed by atoms with E-state index >= 15 is 0 Å². The fourth-order valence-corrected chi connectivity index (χ4v) is 2.57. The van der Waals surface area contributed by atoms with E-state index in [2.05, 4.69) is 11.3 Å². The monoisotopic (exact) mass is 351 g/mol. The number of rotatable bonds is 4. The number of carbonyl (C=O) groups is 1. The number of esters is 1. The second kappa shape index (κ2) is 6.81. The molecular weight excluding hydrogens is 341 g/mol. The molecule has 2 aromatic carbocycles. The van der Waals surface area contributed by atoms with Crippen LogP contribution in [0.4, 0.5) is 5.69 Å². The van der Waals surface area contributed by atoms with Crippen molar-refractivity contribution >= 4 is 40.4 Å². The van der Waals surface area contributed by atoms with Crippen LogP contribution in [0, 0.1) is 10.1 Å². The minimum Gasteiger partial charge on any atom is -0.465 e. The van der Waals surface area contributed by atoms with Gasteiger partial charge in [-0.1, -0.05) is 35.8 Å². The highest BCUT2D eigenvalue weighted by Gasteiger charge is 2.22. The van der Waals surface area contributed by atoms with E-state index in [0.29, 0.717) is 26.7 Å². The van der Waals surface area contributed by atoms with Gasteiger partial charge in [0.2, 0.25) is 0 Å². The predicted octanol–water partition coefficient (Wildman–Crippen LogP) is 4.75. The van der Waals surface area contributed by atoms with Crippen LogP contribution in [0.1, 0.15) is 21.5 Å². The standard InChI is InChI=1S/C16H11Cl2NO4/c1-9(12-5-4-11(17)8-14(12)18)10-3-6-15(19(21)22)13(7-10)16(20)23-2/h3-8H,1H2,2H3. The number of nitro groups is 1. The predicted molar refractivity (Wildman–Crippen MR) is 89.0 cm³/mol. The van der Waals surface area contributed by atoms with Crippen LogP contribution in [0.15, 0.2) is 43.0 Å². The summed E-state index contributed by atoms with van der Waals surface area (Å²) in [4.78, 5) is 22.1. The normalized spacial score (nSPS) is 10.2. The molecule has 0 saturated carbocycles. The molecule has 0 aliphatic rings. The Morgan fingerprint density at radius 3 is 2.43 bits per heavy atom. The first-order valence-corrected chi connectivity index (χ1v) is 7.12. The highest BCUT2D eigenvalue weighted by atomic mass is 35.5. The van der Waals surface area contributed by atoms with E-state index in [1.54, 1.807) is 18.2 Å². The molecule has 7 heteroatoms. The van der Waals surface area contributed by atoms with Crippen LogP contribution in [0.25, 0.3) is 5.57 Å². The summed E-state index contributed by atoms with van der Waals surface area (Å²) in [5.74, 6) is -0.798. The van der Waals surface area contributed by atoms with Crippen molar-refractivity contribution in [1.29, 1.82) is 0 Å². The van der Waals surface area contributed by atoms with E-state index in [1.165, 1.54) is 18.2 Å². The number of methoxy groups -OCH3 is 1. The van der Waals surface area contributed by atoms with Crippen molar-refractivity contribution < 1.29 is 14.5 Å². The van der Waals surface area contributed by atoms with Gasteiger partial charge in [-0.2, -0.15) is 0 Å². The molecule has 0 aromatic heterocycles. The third-order valence-electron chi connectivity index (χ3n) is 3.20. The fourth-order valence-electron chi connectivity index (χ4n) is 2.05. The van der Waals surface area contributed by atoms with E-state index < -0.39 is 10.9 Å². The first-order valence-electron chi connectivity index (χ1n) is 6.36. The molecule has 5 nitrogen and oxygen atoms in total. The van der Waals surface area contributed by atoms with Crippen molar-refractivity contribution in [2.45, 2.75) is 0 Å². The molecule has 0 radical (unpaired) electrons. The zero-order chi connectivity index (χ0) is 17.1. The summed E-state index contributed by atoms with van der Waals surface area (Å²) < 4.78 is 4.59. The fraction of sp³-hybridized carbons (Fsp3) is 0.0625. The van der Waals surface area contributed by atoms with E-state index in [1.807, 2.05) is 0 Å². The van der Waals surface area contributed by atoms with Gasteiger partial charge in [0.15, 0.2) is 0 Å². The average Bonchev–Trinajstić information content (AvgIpc) is 2.52. The Morgan fingerprint density at radius 1 is 1.17 bits per heavy atom. The van der Waals surface area contributed by atoms with Crippen LogP contribution in [-0.2, 0) is 4.74 Å². The van der Waals surface area contributed by atoms with Crippen molar-refractivity contribution in [3.05, 3.63) is 79.8 Å². The molecule has 0 aliphatic heterocycles. The van der Waals surface area contributed by atoms with Gasteiger partial charge in [-0.05, 0) is 35.4 Å². The van der Waals surface area contributed by atoms with Crippen LogP contribution < -0.4 is 0 Å². The van der Waals surface area contributed by atoms with Gasteiger partial charge in [0.1, 0.15) is 5.56 Å². The second-order valence-corrected chi connectivity index (χ2v) is 5.43. The second-order valence-electron chi connectivity index (χ2n) is 4.58. The molecule has 0 N–H and O–H groups in total. The lowest BCUT2D eigenvalue weighted by molar-refractivity contribution is -0.385. The molecule has 2 aromatic rings. The van der Waals surface area contributed by atoms with Crippen molar-refractivity contribution in [1.82, 2.24) is 0 Å². The minimum atomic E-state index is -0.798.